The molecule has 0 atom stereocenters. The molecule has 2 aromatic rings. The molecule has 0 aliphatic heterocycles. The number of rotatable bonds is 9. The number of ether oxygens (including phenoxy) is 1. The summed E-state index contributed by atoms with van der Waals surface area (Å²) in [4.78, 5) is 14.4. The number of hydrogen-bond acceptors (Lipinski definition) is 5. The zero-order chi connectivity index (χ0) is 18.1. The standard InChI is InChI=1S/C18H26N4O3/c1-4-22(5-2)10-11-24-17-9-7-6-8-16(17)20-18(23)19-13-15-12-14(3)21-25-15/h6-9,12H,4-5,10-11,13H2,1-3H3,(H2,19,20,23). The molecule has 25 heavy (non-hydrogen) atoms. The van der Waals surface area contributed by atoms with Crippen LogP contribution in [0, 0.1) is 6.92 Å². The average molecular weight is 346 g/mol. The zero-order valence-electron chi connectivity index (χ0n) is 15.0. The summed E-state index contributed by atoms with van der Waals surface area (Å²) in [7, 11) is 0. The molecule has 7 nitrogen and oxygen atoms in total. The summed E-state index contributed by atoms with van der Waals surface area (Å²) < 4.78 is 10.9. The lowest BCUT2D eigenvalue weighted by atomic mass is 10.3. The normalized spacial score (nSPS) is 10.7. The van der Waals surface area contributed by atoms with Gasteiger partial charge in [-0.05, 0) is 32.1 Å². The van der Waals surface area contributed by atoms with Crippen molar-refractivity contribution in [3.63, 3.8) is 0 Å². The molecular formula is C18H26N4O3. The minimum atomic E-state index is -0.325. The molecule has 0 radical (unpaired) electrons. The number of hydrogen-bond donors (Lipinski definition) is 2. The van der Waals surface area contributed by atoms with E-state index in [4.69, 9.17) is 9.26 Å². The van der Waals surface area contributed by atoms with Crippen LogP contribution in [-0.2, 0) is 6.54 Å². The largest absolute Gasteiger partial charge is 0.490 e. The van der Waals surface area contributed by atoms with Crippen LogP contribution >= 0.6 is 0 Å². The van der Waals surface area contributed by atoms with E-state index >= 15 is 0 Å². The number of amides is 2. The molecule has 0 unspecified atom stereocenters. The second-order valence-electron chi connectivity index (χ2n) is 5.61. The van der Waals surface area contributed by atoms with Gasteiger partial charge in [-0.25, -0.2) is 4.79 Å². The number of para-hydroxylation sites is 2. The van der Waals surface area contributed by atoms with Crippen LogP contribution in [0.2, 0.25) is 0 Å². The molecule has 0 aliphatic rings. The molecule has 2 N–H and O–H groups in total. The molecular weight excluding hydrogens is 320 g/mol. The molecule has 0 aliphatic carbocycles. The maximum absolute atomic E-state index is 12.1. The highest BCUT2D eigenvalue weighted by molar-refractivity contribution is 5.90. The van der Waals surface area contributed by atoms with Crippen molar-refractivity contribution in [2.45, 2.75) is 27.3 Å². The SMILES string of the molecule is CCN(CC)CCOc1ccccc1NC(=O)NCc1cc(C)no1. The fourth-order valence-corrected chi connectivity index (χ4v) is 2.35. The summed E-state index contributed by atoms with van der Waals surface area (Å²) in [5, 5.41) is 9.32. The molecule has 0 fully saturated rings. The highest BCUT2D eigenvalue weighted by Crippen LogP contribution is 2.23. The van der Waals surface area contributed by atoms with E-state index < -0.39 is 0 Å². The summed E-state index contributed by atoms with van der Waals surface area (Å²) in [6.07, 6.45) is 0. The van der Waals surface area contributed by atoms with Crippen molar-refractivity contribution < 1.29 is 14.1 Å². The number of benzene rings is 1. The Kier molecular flexibility index (Phi) is 7.28. The van der Waals surface area contributed by atoms with E-state index in [9.17, 15) is 4.79 Å². The summed E-state index contributed by atoms with van der Waals surface area (Å²) >= 11 is 0. The summed E-state index contributed by atoms with van der Waals surface area (Å²) in [5.74, 6) is 1.26. The first-order valence-electron chi connectivity index (χ1n) is 8.53. The molecule has 0 saturated heterocycles. The monoisotopic (exact) mass is 346 g/mol. The number of carbonyl (C=O) groups is 1. The number of nitrogens with zero attached hydrogens (tertiary/aromatic N) is 2. The molecule has 1 aromatic carbocycles. The lowest BCUT2D eigenvalue weighted by Crippen LogP contribution is -2.29. The lowest BCUT2D eigenvalue weighted by Gasteiger charge is -2.19. The highest BCUT2D eigenvalue weighted by atomic mass is 16.5. The highest BCUT2D eigenvalue weighted by Gasteiger charge is 2.09. The quantitative estimate of drug-likeness (QED) is 0.729. The number of likely N-dealkylation sites (N-methyl/N-ethyl adjacent to an activating group) is 1. The van der Waals surface area contributed by atoms with Crippen molar-refractivity contribution in [1.29, 1.82) is 0 Å². The molecule has 7 heteroatoms. The van der Waals surface area contributed by atoms with E-state index in [-0.39, 0.29) is 12.6 Å². The van der Waals surface area contributed by atoms with Crippen LogP contribution in [0.3, 0.4) is 0 Å². The van der Waals surface area contributed by atoms with Crippen molar-refractivity contribution in [2.24, 2.45) is 0 Å². The molecule has 1 aromatic heterocycles. The Morgan fingerprint density at radius 3 is 2.72 bits per heavy atom. The van der Waals surface area contributed by atoms with Crippen molar-refractivity contribution in [2.75, 3.05) is 31.6 Å². The van der Waals surface area contributed by atoms with Gasteiger partial charge in [-0.2, -0.15) is 0 Å². The van der Waals surface area contributed by atoms with Gasteiger partial charge in [0.15, 0.2) is 5.76 Å². The minimum absolute atomic E-state index is 0.275. The Morgan fingerprint density at radius 2 is 2.04 bits per heavy atom. The van der Waals surface area contributed by atoms with Gasteiger partial charge < -0.3 is 24.8 Å². The summed E-state index contributed by atoms with van der Waals surface area (Å²) in [6, 6.07) is 8.85. The summed E-state index contributed by atoms with van der Waals surface area (Å²) in [5.41, 5.74) is 1.41. The van der Waals surface area contributed by atoms with Crippen LogP contribution in [0.4, 0.5) is 10.5 Å². The first-order valence-corrected chi connectivity index (χ1v) is 8.53. The molecule has 0 spiro atoms. The number of aryl methyl sites for hydroxylation is 1. The van der Waals surface area contributed by atoms with E-state index in [1.54, 1.807) is 6.07 Å². The van der Waals surface area contributed by atoms with Crippen molar-refractivity contribution >= 4 is 11.7 Å². The fourth-order valence-electron chi connectivity index (χ4n) is 2.35. The van der Waals surface area contributed by atoms with Crippen molar-refractivity contribution in [3.8, 4) is 5.75 Å². The number of urea groups is 1. The van der Waals surface area contributed by atoms with Gasteiger partial charge in [0, 0.05) is 12.6 Å². The third kappa shape index (κ3) is 6.11. The molecule has 0 bridgehead atoms. The second-order valence-corrected chi connectivity index (χ2v) is 5.61. The van der Waals surface area contributed by atoms with Gasteiger partial charge >= 0.3 is 6.03 Å². The van der Waals surface area contributed by atoms with Gasteiger partial charge in [-0.15, -0.1) is 0 Å². The summed E-state index contributed by atoms with van der Waals surface area (Å²) in [6.45, 7) is 9.75. The Bertz CT molecular complexity index is 668. The number of carbonyl (C=O) groups excluding carboxylic acids is 1. The minimum Gasteiger partial charge on any atom is -0.490 e. The molecule has 0 saturated carbocycles. The number of anilines is 1. The maximum atomic E-state index is 12.1. The van der Waals surface area contributed by atoms with Crippen LogP contribution in [0.15, 0.2) is 34.9 Å². The first-order chi connectivity index (χ1) is 12.1. The van der Waals surface area contributed by atoms with Crippen LogP contribution in [0.25, 0.3) is 0 Å². The van der Waals surface area contributed by atoms with E-state index in [0.29, 0.717) is 23.8 Å². The van der Waals surface area contributed by atoms with Crippen LogP contribution in [0.1, 0.15) is 25.3 Å². The van der Waals surface area contributed by atoms with Gasteiger partial charge in [-0.1, -0.05) is 31.1 Å². The van der Waals surface area contributed by atoms with Crippen LogP contribution in [-0.4, -0.2) is 42.3 Å². The first kappa shape index (κ1) is 18.8. The van der Waals surface area contributed by atoms with Gasteiger partial charge in [-0.3, -0.25) is 0 Å². The fraction of sp³-hybridized carbons (Fsp3) is 0.444. The Hall–Kier alpha value is -2.54. The van der Waals surface area contributed by atoms with Gasteiger partial charge in [0.25, 0.3) is 0 Å². The third-order valence-electron chi connectivity index (χ3n) is 3.79. The second kappa shape index (κ2) is 9.68. The maximum Gasteiger partial charge on any atom is 0.319 e. The molecule has 1 heterocycles. The van der Waals surface area contributed by atoms with Gasteiger partial charge in [0.2, 0.25) is 0 Å². The predicted octanol–water partition coefficient (Wildman–Crippen LogP) is 3.03. The van der Waals surface area contributed by atoms with E-state index in [1.165, 1.54) is 0 Å². The number of aromatic nitrogens is 1. The van der Waals surface area contributed by atoms with E-state index in [1.807, 2.05) is 31.2 Å². The molecule has 2 rings (SSSR count). The van der Waals surface area contributed by atoms with Crippen molar-refractivity contribution in [3.05, 3.63) is 41.8 Å². The lowest BCUT2D eigenvalue weighted by molar-refractivity contribution is 0.223. The smallest absolute Gasteiger partial charge is 0.319 e. The van der Waals surface area contributed by atoms with Crippen LogP contribution in [0.5, 0.6) is 5.75 Å². The topological polar surface area (TPSA) is 79.6 Å². The molecule has 136 valence electrons. The van der Waals surface area contributed by atoms with E-state index in [2.05, 4.69) is 34.5 Å². The third-order valence-corrected chi connectivity index (χ3v) is 3.79. The average Bonchev–Trinajstić information content (AvgIpc) is 3.04. The predicted molar refractivity (Wildman–Crippen MR) is 96.8 cm³/mol. The zero-order valence-corrected chi connectivity index (χ0v) is 15.0. The van der Waals surface area contributed by atoms with Crippen LogP contribution < -0.4 is 15.4 Å². The number of nitrogens with one attached hydrogen (secondary N) is 2. The Balaban J connectivity index is 1.85. The van der Waals surface area contributed by atoms with Crippen molar-refractivity contribution in [1.82, 2.24) is 15.4 Å². The van der Waals surface area contributed by atoms with Gasteiger partial charge in [0.1, 0.15) is 12.4 Å². The molecule has 2 amide bonds. The van der Waals surface area contributed by atoms with Gasteiger partial charge in [0.05, 0.1) is 17.9 Å². The Labute approximate surface area is 148 Å². The van der Waals surface area contributed by atoms with E-state index in [0.717, 1.165) is 25.3 Å². The Morgan fingerprint density at radius 1 is 1.28 bits per heavy atom.